The number of aliphatic hydroxyl groups is 1. The Labute approximate surface area is 130 Å². The summed E-state index contributed by atoms with van der Waals surface area (Å²) in [6.45, 7) is 5.94. The predicted molar refractivity (Wildman–Crippen MR) is 78.3 cm³/mol. The number of ketones is 1. The molecule has 1 amide bonds. The average molecular weight is 311 g/mol. The lowest BCUT2D eigenvalue weighted by Gasteiger charge is -2.29. The number of amides is 1. The van der Waals surface area contributed by atoms with Crippen LogP contribution >= 0.6 is 0 Å². The van der Waals surface area contributed by atoms with Crippen LogP contribution in [0.1, 0.15) is 33.6 Å². The molecular weight excluding hydrogens is 286 g/mol. The summed E-state index contributed by atoms with van der Waals surface area (Å²) in [5.74, 6) is 1.07. The van der Waals surface area contributed by atoms with Crippen molar-refractivity contribution in [2.75, 3.05) is 19.8 Å². The van der Waals surface area contributed by atoms with Crippen LogP contribution in [0.25, 0.3) is 0 Å². The molecule has 0 aromatic heterocycles. The van der Waals surface area contributed by atoms with E-state index in [-0.39, 0.29) is 17.8 Å². The minimum atomic E-state index is -0.720. The van der Waals surface area contributed by atoms with Crippen LogP contribution < -0.4 is 0 Å². The molecule has 22 heavy (non-hydrogen) atoms. The molecule has 3 aliphatic rings. The summed E-state index contributed by atoms with van der Waals surface area (Å²) in [6.07, 6.45) is 1.38. The largest absolute Gasteiger partial charge is 0.444 e. The number of likely N-dealkylation sites (tertiary alicyclic amines) is 1. The molecule has 2 aliphatic heterocycles. The topological polar surface area (TPSA) is 76.1 Å². The molecule has 124 valence electrons. The standard InChI is InChI=1S/C16H25NO5/c1-16(2,3)22-15(20)17-6-10-4-9-5-11(9)8-21-14(10)13(17)12(19)7-18/h9-11,13-14,18H,4-8H2,1-3H3/t9-,10-,11-,13+,14+/m0/s1. The summed E-state index contributed by atoms with van der Waals surface area (Å²) in [4.78, 5) is 26.1. The molecule has 1 N–H and O–H groups in total. The van der Waals surface area contributed by atoms with E-state index >= 15 is 0 Å². The van der Waals surface area contributed by atoms with Crippen LogP contribution in [-0.4, -0.2) is 59.4 Å². The van der Waals surface area contributed by atoms with Gasteiger partial charge in [0.05, 0.1) is 12.7 Å². The normalized spacial score (nSPS) is 37.1. The number of fused-ring (bicyclic) bond motifs is 2. The molecule has 0 unspecified atom stereocenters. The van der Waals surface area contributed by atoms with Gasteiger partial charge >= 0.3 is 6.09 Å². The Morgan fingerprint density at radius 3 is 2.55 bits per heavy atom. The van der Waals surface area contributed by atoms with Crippen LogP contribution in [0.2, 0.25) is 0 Å². The minimum absolute atomic E-state index is 0.158. The fraction of sp³-hybridized carbons (Fsp3) is 0.875. The zero-order valence-electron chi connectivity index (χ0n) is 13.4. The fourth-order valence-corrected chi connectivity index (χ4v) is 3.73. The highest BCUT2D eigenvalue weighted by atomic mass is 16.6. The van der Waals surface area contributed by atoms with Gasteiger partial charge in [-0.15, -0.1) is 0 Å². The second kappa shape index (κ2) is 5.49. The molecule has 0 aromatic rings. The molecule has 5 atom stereocenters. The molecule has 2 heterocycles. The Hall–Kier alpha value is -1.14. The van der Waals surface area contributed by atoms with Gasteiger partial charge in [-0.05, 0) is 45.4 Å². The van der Waals surface area contributed by atoms with Crippen LogP contribution in [-0.2, 0) is 14.3 Å². The molecule has 1 aliphatic carbocycles. The van der Waals surface area contributed by atoms with Gasteiger partial charge in [0.15, 0.2) is 5.78 Å². The van der Waals surface area contributed by atoms with Crippen molar-refractivity contribution in [1.29, 1.82) is 0 Å². The second-order valence-corrected chi connectivity index (χ2v) is 7.75. The Kier molecular flexibility index (Phi) is 3.93. The van der Waals surface area contributed by atoms with Gasteiger partial charge in [-0.2, -0.15) is 0 Å². The highest BCUT2D eigenvalue weighted by Crippen LogP contribution is 2.49. The molecule has 0 bridgehead atoms. The second-order valence-electron chi connectivity index (χ2n) is 7.75. The van der Waals surface area contributed by atoms with Gasteiger partial charge in [0, 0.05) is 12.5 Å². The van der Waals surface area contributed by atoms with E-state index in [1.807, 2.05) is 0 Å². The van der Waals surface area contributed by atoms with Crippen LogP contribution in [0.15, 0.2) is 0 Å². The van der Waals surface area contributed by atoms with Crippen molar-refractivity contribution in [3.8, 4) is 0 Å². The third-order valence-corrected chi connectivity index (χ3v) is 4.83. The van der Waals surface area contributed by atoms with E-state index < -0.39 is 24.3 Å². The van der Waals surface area contributed by atoms with Crippen molar-refractivity contribution in [3.63, 3.8) is 0 Å². The van der Waals surface area contributed by atoms with Crippen LogP contribution in [0.3, 0.4) is 0 Å². The Morgan fingerprint density at radius 1 is 1.23 bits per heavy atom. The van der Waals surface area contributed by atoms with Crippen LogP contribution in [0.5, 0.6) is 0 Å². The van der Waals surface area contributed by atoms with Crippen molar-refractivity contribution in [2.24, 2.45) is 17.8 Å². The van der Waals surface area contributed by atoms with Crippen molar-refractivity contribution in [2.45, 2.75) is 51.4 Å². The Morgan fingerprint density at radius 2 is 1.91 bits per heavy atom. The van der Waals surface area contributed by atoms with E-state index in [1.165, 1.54) is 11.3 Å². The third-order valence-electron chi connectivity index (χ3n) is 4.83. The van der Waals surface area contributed by atoms with Gasteiger partial charge in [-0.3, -0.25) is 9.69 Å². The molecule has 6 nitrogen and oxygen atoms in total. The Balaban J connectivity index is 1.79. The first kappa shape index (κ1) is 15.7. The summed E-state index contributed by atoms with van der Waals surface area (Å²) in [6, 6.07) is -0.720. The summed E-state index contributed by atoms with van der Waals surface area (Å²) in [5, 5.41) is 9.26. The van der Waals surface area contributed by atoms with Gasteiger partial charge < -0.3 is 14.6 Å². The molecule has 3 fully saturated rings. The molecule has 6 heteroatoms. The smallest absolute Gasteiger partial charge is 0.411 e. The molecule has 0 aromatic carbocycles. The first-order chi connectivity index (χ1) is 10.3. The number of hydrogen-bond donors (Lipinski definition) is 1. The van der Waals surface area contributed by atoms with Crippen molar-refractivity contribution in [1.82, 2.24) is 4.90 Å². The summed E-state index contributed by atoms with van der Waals surface area (Å²) in [5.41, 5.74) is -0.614. The lowest BCUT2D eigenvalue weighted by Crippen LogP contribution is -2.48. The molecule has 3 rings (SSSR count). The van der Waals surface area contributed by atoms with E-state index in [2.05, 4.69) is 0 Å². The lowest BCUT2D eigenvalue weighted by atomic mass is 9.94. The average Bonchev–Trinajstić information content (AvgIpc) is 3.08. The van der Waals surface area contributed by atoms with Crippen LogP contribution in [0, 0.1) is 17.8 Å². The number of nitrogens with zero attached hydrogens (tertiary/aromatic N) is 1. The number of ether oxygens (including phenoxy) is 2. The quantitative estimate of drug-likeness (QED) is 0.829. The minimum Gasteiger partial charge on any atom is -0.444 e. The van der Waals surface area contributed by atoms with E-state index in [1.54, 1.807) is 20.8 Å². The monoisotopic (exact) mass is 311 g/mol. The number of carbonyl (C=O) groups is 2. The van der Waals surface area contributed by atoms with E-state index in [4.69, 9.17) is 9.47 Å². The summed E-state index contributed by atoms with van der Waals surface area (Å²) >= 11 is 0. The van der Waals surface area contributed by atoms with Crippen molar-refractivity contribution < 1.29 is 24.2 Å². The zero-order chi connectivity index (χ0) is 16.1. The zero-order valence-corrected chi connectivity index (χ0v) is 13.4. The predicted octanol–water partition coefficient (Wildman–Crippen LogP) is 1.21. The molecule has 1 saturated carbocycles. The van der Waals surface area contributed by atoms with Gasteiger partial charge in [0.2, 0.25) is 0 Å². The summed E-state index contributed by atoms with van der Waals surface area (Å²) in [7, 11) is 0. The Bertz CT molecular complexity index is 472. The maximum Gasteiger partial charge on any atom is 0.411 e. The molecule has 2 saturated heterocycles. The maximum absolute atomic E-state index is 12.4. The van der Waals surface area contributed by atoms with E-state index in [0.29, 0.717) is 25.0 Å². The first-order valence-electron chi connectivity index (χ1n) is 8.05. The number of Topliss-reactive ketones (excluding diaryl/α,β-unsaturated/α-hetero) is 1. The van der Waals surface area contributed by atoms with Crippen molar-refractivity contribution in [3.05, 3.63) is 0 Å². The number of hydrogen-bond acceptors (Lipinski definition) is 5. The van der Waals surface area contributed by atoms with Crippen molar-refractivity contribution >= 4 is 11.9 Å². The van der Waals surface area contributed by atoms with Gasteiger partial charge in [0.1, 0.15) is 18.2 Å². The van der Waals surface area contributed by atoms with Gasteiger partial charge in [-0.1, -0.05) is 0 Å². The lowest BCUT2D eigenvalue weighted by molar-refractivity contribution is -0.130. The number of aliphatic hydroxyl groups excluding tert-OH is 1. The number of rotatable bonds is 2. The van der Waals surface area contributed by atoms with Gasteiger partial charge in [0.25, 0.3) is 0 Å². The van der Waals surface area contributed by atoms with E-state index in [9.17, 15) is 14.7 Å². The van der Waals surface area contributed by atoms with E-state index in [0.717, 1.165) is 6.42 Å². The highest BCUT2D eigenvalue weighted by molar-refractivity contribution is 5.89. The number of carbonyl (C=O) groups excluding carboxylic acids is 2. The fourth-order valence-electron chi connectivity index (χ4n) is 3.73. The van der Waals surface area contributed by atoms with Crippen LogP contribution in [0.4, 0.5) is 4.79 Å². The maximum atomic E-state index is 12.4. The molecule has 0 spiro atoms. The first-order valence-corrected chi connectivity index (χ1v) is 8.05. The molecule has 0 radical (unpaired) electrons. The molecular formula is C16H25NO5. The SMILES string of the molecule is CC(C)(C)OC(=O)N1C[C@@H]2C[C@H]3C[C@H]3CO[C@H]2[C@H]1C(=O)CO. The summed E-state index contributed by atoms with van der Waals surface area (Å²) < 4.78 is 11.4. The highest BCUT2D eigenvalue weighted by Gasteiger charge is 2.54. The van der Waals surface area contributed by atoms with Gasteiger partial charge in [-0.25, -0.2) is 4.79 Å². The third kappa shape index (κ3) is 2.99.